The molecule has 0 spiro atoms. The molecule has 0 amide bonds. The van der Waals surface area contributed by atoms with E-state index in [1.54, 1.807) is 19.3 Å². The van der Waals surface area contributed by atoms with Crippen molar-refractivity contribution in [2.24, 2.45) is 0 Å². The molecular formula is C23H18IrN5O-. The van der Waals surface area contributed by atoms with Crippen LogP contribution in [0.1, 0.15) is 17.0 Å². The quantitative estimate of drug-likeness (QED) is 0.289. The van der Waals surface area contributed by atoms with Gasteiger partial charge in [-0.15, -0.1) is 12.1 Å². The van der Waals surface area contributed by atoms with E-state index in [1.165, 1.54) is 11.1 Å². The fraction of sp³-hybridized carbons (Fsp3) is 0.130. The number of nitrogens with zero attached hydrogens (tertiary/aromatic N) is 5. The summed E-state index contributed by atoms with van der Waals surface area (Å²) in [6.45, 7) is 5.99. The zero-order chi connectivity index (χ0) is 20.0. The molecule has 0 unspecified atom stereocenters. The number of aryl methyl sites for hydroxylation is 3. The molecule has 0 aliphatic heterocycles. The maximum atomic E-state index is 5.50. The molecule has 0 bridgehead atoms. The molecular weight excluding hydrogens is 555 g/mol. The van der Waals surface area contributed by atoms with Crippen LogP contribution in [0.15, 0.2) is 59.3 Å². The van der Waals surface area contributed by atoms with Gasteiger partial charge in [0.1, 0.15) is 12.0 Å². The van der Waals surface area contributed by atoms with Crippen molar-refractivity contribution in [2.45, 2.75) is 20.8 Å². The van der Waals surface area contributed by atoms with Crippen molar-refractivity contribution in [3.63, 3.8) is 0 Å². The molecule has 1 radical (unpaired) electrons. The molecule has 151 valence electrons. The molecule has 5 rings (SSSR count). The van der Waals surface area contributed by atoms with Crippen molar-refractivity contribution >= 4 is 11.2 Å². The minimum atomic E-state index is 0. The van der Waals surface area contributed by atoms with Crippen LogP contribution in [0.5, 0.6) is 0 Å². The topological polar surface area (TPSA) is 69.6 Å². The van der Waals surface area contributed by atoms with Gasteiger partial charge in [0.15, 0.2) is 5.89 Å². The summed E-state index contributed by atoms with van der Waals surface area (Å²) >= 11 is 0. The number of hydrogen-bond acceptors (Lipinski definition) is 5. The summed E-state index contributed by atoms with van der Waals surface area (Å²) in [7, 11) is 0. The number of aromatic nitrogens is 5. The van der Waals surface area contributed by atoms with Gasteiger partial charge in [-0.05, 0) is 53.9 Å². The first-order chi connectivity index (χ1) is 14.1. The molecule has 7 heteroatoms. The van der Waals surface area contributed by atoms with Gasteiger partial charge in [0.05, 0.1) is 11.4 Å². The fourth-order valence-corrected chi connectivity index (χ4v) is 3.69. The zero-order valence-electron chi connectivity index (χ0n) is 16.7. The van der Waals surface area contributed by atoms with E-state index in [0.717, 1.165) is 16.8 Å². The fourth-order valence-electron chi connectivity index (χ4n) is 3.69. The molecule has 5 aromatic rings. The first-order valence-corrected chi connectivity index (χ1v) is 9.33. The van der Waals surface area contributed by atoms with Crippen LogP contribution < -0.4 is 0 Å². The van der Waals surface area contributed by atoms with E-state index in [2.05, 4.69) is 76.5 Å². The van der Waals surface area contributed by atoms with Crippen LogP contribution in [0, 0.1) is 26.8 Å². The Morgan fingerprint density at radius 2 is 1.67 bits per heavy atom. The van der Waals surface area contributed by atoms with E-state index in [-0.39, 0.29) is 20.1 Å². The Balaban J connectivity index is 0.00000218. The van der Waals surface area contributed by atoms with E-state index in [0.29, 0.717) is 28.6 Å². The van der Waals surface area contributed by atoms with Crippen LogP contribution in [0.25, 0.3) is 39.6 Å². The standard InChI is InChI=1S/C23H18N5O.Ir/c1-14-11-18(17-7-5-4-6-8-17)12-15(2)21(14)28-13-24-27-23(28)19-9-10-20-22(26-19)25-16(3)29-20;/h4-8,10-13H,1-3H3;/q-1;. The summed E-state index contributed by atoms with van der Waals surface area (Å²) in [5, 5.41) is 8.43. The Bertz CT molecular complexity index is 1320. The van der Waals surface area contributed by atoms with Crippen LogP contribution in [-0.2, 0) is 20.1 Å². The minimum Gasteiger partial charge on any atom is -0.501 e. The van der Waals surface area contributed by atoms with E-state index < -0.39 is 0 Å². The van der Waals surface area contributed by atoms with E-state index in [9.17, 15) is 0 Å². The number of fused-ring (bicyclic) bond motifs is 1. The van der Waals surface area contributed by atoms with Crippen molar-refractivity contribution in [1.29, 1.82) is 0 Å². The van der Waals surface area contributed by atoms with Gasteiger partial charge in [-0.1, -0.05) is 30.3 Å². The number of hydrogen-bond donors (Lipinski definition) is 0. The molecule has 0 saturated carbocycles. The summed E-state index contributed by atoms with van der Waals surface area (Å²) in [6.07, 6.45) is 1.71. The van der Waals surface area contributed by atoms with Crippen LogP contribution in [0.3, 0.4) is 0 Å². The maximum absolute atomic E-state index is 5.50. The molecule has 6 nitrogen and oxygen atoms in total. The van der Waals surface area contributed by atoms with Crippen LogP contribution >= 0.6 is 0 Å². The van der Waals surface area contributed by atoms with E-state index in [1.807, 2.05) is 10.6 Å². The molecule has 3 heterocycles. The molecule has 30 heavy (non-hydrogen) atoms. The Kier molecular flexibility index (Phi) is 5.33. The van der Waals surface area contributed by atoms with Crippen molar-refractivity contribution in [3.05, 3.63) is 77.9 Å². The molecule has 0 aliphatic carbocycles. The average molecular weight is 573 g/mol. The third-order valence-corrected chi connectivity index (χ3v) is 4.90. The van der Waals surface area contributed by atoms with E-state index in [4.69, 9.17) is 4.42 Å². The van der Waals surface area contributed by atoms with Gasteiger partial charge in [0.2, 0.25) is 0 Å². The van der Waals surface area contributed by atoms with Crippen molar-refractivity contribution in [3.8, 4) is 28.3 Å². The van der Waals surface area contributed by atoms with Gasteiger partial charge in [-0.3, -0.25) is 4.98 Å². The van der Waals surface area contributed by atoms with Crippen LogP contribution in [0.2, 0.25) is 0 Å². The first-order valence-electron chi connectivity index (χ1n) is 9.33. The van der Waals surface area contributed by atoms with Gasteiger partial charge < -0.3 is 8.98 Å². The monoisotopic (exact) mass is 573 g/mol. The molecule has 0 atom stereocenters. The van der Waals surface area contributed by atoms with Crippen molar-refractivity contribution in [2.75, 3.05) is 0 Å². The summed E-state index contributed by atoms with van der Waals surface area (Å²) in [4.78, 5) is 8.88. The van der Waals surface area contributed by atoms with Gasteiger partial charge in [-0.2, -0.15) is 10.2 Å². The summed E-state index contributed by atoms with van der Waals surface area (Å²) in [6, 6.07) is 19.6. The number of pyridine rings is 1. The number of oxazole rings is 1. The second kappa shape index (κ2) is 7.94. The molecule has 0 saturated heterocycles. The SMILES string of the molecule is Cc1nc2nc(-c3nncn3-c3c(C)cc(-c4ccccc4)cc3C)[c-]cc2o1.[Ir]. The largest absolute Gasteiger partial charge is 0.501 e. The predicted octanol–water partition coefficient (Wildman–Crippen LogP) is 4.86. The minimum absolute atomic E-state index is 0. The Labute approximate surface area is 187 Å². The number of rotatable bonds is 3. The smallest absolute Gasteiger partial charge is 0.179 e. The number of benzene rings is 2. The van der Waals surface area contributed by atoms with Gasteiger partial charge in [0.25, 0.3) is 0 Å². The molecule has 0 N–H and O–H groups in total. The molecule has 0 fully saturated rings. The zero-order valence-corrected chi connectivity index (χ0v) is 19.1. The Morgan fingerprint density at radius 3 is 2.40 bits per heavy atom. The van der Waals surface area contributed by atoms with Gasteiger partial charge in [0, 0.05) is 32.7 Å². The van der Waals surface area contributed by atoms with Crippen molar-refractivity contribution < 1.29 is 24.5 Å². The van der Waals surface area contributed by atoms with Gasteiger partial charge in [-0.25, -0.2) is 4.98 Å². The summed E-state index contributed by atoms with van der Waals surface area (Å²) in [5.41, 5.74) is 7.40. The first kappa shape index (κ1) is 20.1. The second-order valence-corrected chi connectivity index (χ2v) is 7.02. The Morgan fingerprint density at radius 1 is 0.933 bits per heavy atom. The summed E-state index contributed by atoms with van der Waals surface area (Å²) < 4.78 is 7.46. The predicted molar refractivity (Wildman–Crippen MR) is 111 cm³/mol. The Hall–Kier alpha value is -3.15. The second-order valence-electron chi connectivity index (χ2n) is 7.02. The van der Waals surface area contributed by atoms with E-state index >= 15 is 0 Å². The molecule has 3 aromatic heterocycles. The summed E-state index contributed by atoms with van der Waals surface area (Å²) in [5.74, 6) is 1.19. The van der Waals surface area contributed by atoms with Crippen molar-refractivity contribution in [1.82, 2.24) is 24.7 Å². The third-order valence-electron chi connectivity index (χ3n) is 4.90. The van der Waals surface area contributed by atoms with Crippen LogP contribution in [-0.4, -0.2) is 24.7 Å². The molecule has 0 aliphatic rings. The average Bonchev–Trinajstić information content (AvgIpc) is 3.33. The maximum Gasteiger partial charge on any atom is 0.179 e. The molecule has 2 aromatic carbocycles. The normalized spacial score (nSPS) is 10.9. The third kappa shape index (κ3) is 3.47. The van der Waals surface area contributed by atoms with Crippen LogP contribution in [0.4, 0.5) is 0 Å². The van der Waals surface area contributed by atoms with Gasteiger partial charge >= 0.3 is 0 Å².